The Labute approximate surface area is 122 Å². The minimum absolute atomic E-state index is 0.284. The van der Waals surface area contributed by atoms with Gasteiger partial charge in [0, 0.05) is 15.1 Å². The van der Waals surface area contributed by atoms with Crippen molar-refractivity contribution in [1.29, 1.82) is 0 Å². The third-order valence-electron chi connectivity index (χ3n) is 2.55. The maximum Gasteiger partial charge on any atom is 0.123 e. The van der Waals surface area contributed by atoms with Crippen LogP contribution in [0.25, 0.3) is 0 Å². The molecule has 18 heavy (non-hydrogen) atoms. The Morgan fingerprint density at radius 1 is 1.22 bits per heavy atom. The van der Waals surface area contributed by atoms with E-state index in [2.05, 4.69) is 36.8 Å². The summed E-state index contributed by atoms with van der Waals surface area (Å²) in [6.07, 6.45) is 1.67. The number of rotatable bonds is 2. The zero-order valence-corrected chi connectivity index (χ0v) is 12.8. The number of aromatic nitrogens is 1. The summed E-state index contributed by atoms with van der Waals surface area (Å²) in [5, 5.41) is 0. The van der Waals surface area contributed by atoms with E-state index in [9.17, 15) is 4.39 Å². The Morgan fingerprint density at radius 2 is 1.94 bits per heavy atom. The van der Waals surface area contributed by atoms with Crippen molar-refractivity contribution in [3.63, 3.8) is 0 Å². The first kappa shape index (κ1) is 13.6. The molecule has 0 aliphatic rings. The van der Waals surface area contributed by atoms with Gasteiger partial charge in [-0.3, -0.25) is 4.98 Å². The number of halogens is 3. The predicted octanol–water partition coefficient (Wildman–Crippen LogP) is 4.10. The summed E-state index contributed by atoms with van der Waals surface area (Å²) in [4.78, 5) is 4.27. The van der Waals surface area contributed by atoms with Crippen LogP contribution >= 0.6 is 31.9 Å². The molecule has 0 aliphatic heterocycles. The van der Waals surface area contributed by atoms with Gasteiger partial charge in [0.2, 0.25) is 0 Å². The van der Waals surface area contributed by atoms with E-state index < -0.39 is 6.04 Å². The molecule has 5 heteroatoms. The first-order valence-electron chi connectivity index (χ1n) is 5.31. The predicted molar refractivity (Wildman–Crippen MR) is 76.8 cm³/mol. The molecule has 1 heterocycles. The number of aryl methyl sites for hydroxylation is 1. The summed E-state index contributed by atoms with van der Waals surface area (Å²) < 4.78 is 15.0. The molecule has 94 valence electrons. The lowest BCUT2D eigenvalue weighted by Crippen LogP contribution is -2.14. The quantitative estimate of drug-likeness (QED) is 0.860. The van der Waals surface area contributed by atoms with Gasteiger partial charge >= 0.3 is 0 Å². The molecule has 1 aromatic carbocycles. The molecular weight excluding hydrogens is 363 g/mol. The Balaban J connectivity index is 2.44. The van der Waals surface area contributed by atoms with Gasteiger partial charge in [0.1, 0.15) is 5.82 Å². The van der Waals surface area contributed by atoms with Crippen LogP contribution in [0.4, 0.5) is 4.39 Å². The van der Waals surface area contributed by atoms with Crippen molar-refractivity contribution in [3.05, 3.63) is 62.0 Å². The van der Waals surface area contributed by atoms with Crippen LogP contribution in [0.5, 0.6) is 0 Å². The molecule has 0 saturated carbocycles. The van der Waals surface area contributed by atoms with Gasteiger partial charge in [-0.25, -0.2) is 4.39 Å². The number of benzene rings is 1. The van der Waals surface area contributed by atoms with Gasteiger partial charge in [0.25, 0.3) is 0 Å². The number of pyridine rings is 1. The van der Waals surface area contributed by atoms with Crippen LogP contribution in [0.1, 0.15) is 22.9 Å². The average Bonchev–Trinajstić information content (AvgIpc) is 2.26. The fourth-order valence-corrected chi connectivity index (χ4v) is 2.99. The minimum atomic E-state index is -0.457. The molecule has 2 aromatic rings. The van der Waals surface area contributed by atoms with E-state index in [0.29, 0.717) is 11.3 Å². The number of nitrogens with two attached hydrogens (primary N) is 1. The summed E-state index contributed by atoms with van der Waals surface area (Å²) in [7, 11) is 0. The van der Waals surface area contributed by atoms with E-state index >= 15 is 0 Å². The number of nitrogens with zero attached hydrogens (tertiary/aromatic N) is 1. The lowest BCUT2D eigenvalue weighted by molar-refractivity contribution is 0.621. The summed E-state index contributed by atoms with van der Waals surface area (Å²) in [5.74, 6) is -0.284. The highest BCUT2D eigenvalue weighted by molar-refractivity contribution is 9.11. The van der Waals surface area contributed by atoms with Crippen LogP contribution < -0.4 is 5.73 Å². The lowest BCUT2D eigenvalue weighted by atomic mass is 10.0. The van der Waals surface area contributed by atoms with Crippen molar-refractivity contribution < 1.29 is 4.39 Å². The van der Waals surface area contributed by atoms with Crippen LogP contribution in [-0.2, 0) is 0 Å². The summed E-state index contributed by atoms with van der Waals surface area (Å²) >= 11 is 6.75. The Bertz CT molecular complexity index is 567. The molecule has 1 aromatic heterocycles. The Hall–Kier alpha value is -0.780. The maximum absolute atomic E-state index is 13.4. The van der Waals surface area contributed by atoms with E-state index in [1.54, 1.807) is 6.20 Å². The van der Waals surface area contributed by atoms with Crippen molar-refractivity contribution in [2.24, 2.45) is 5.73 Å². The van der Waals surface area contributed by atoms with Gasteiger partial charge in [-0.1, -0.05) is 6.07 Å². The van der Waals surface area contributed by atoms with Crippen molar-refractivity contribution in [3.8, 4) is 0 Å². The van der Waals surface area contributed by atoms with Crippen LogP contribution in [0.15, 0.2) is 39.4 Å². The van der Waals surface area contributed by atoms with Gasteiger partial charge in [0.15, 0.2) is 0 Å². The van der Waals surface area contributed by atoms with E-state index in [1.807, 2.05) is 19.1 Å². The Kier molecular flexibility index (Phi) is 4.14. The van der Waals surface area contributed by atoms with Gasteiger partial charge in [0.05, 0.1) is 11.7 Å². The second-order valence-corrected chi connectivity index (χ2v) is 5.83. The first-order chi connectivity index (χ1) is 8.47. The molecule has 0 saturated heterocycles. The molecule has 1 atom stereocenters. The third kappa shape index (κ3) is 2.96. The fraction of sp³-hybridized carbons (Fsp3) is 0.154. The summed E-state index contributed by atoms with van der Waals surface area (Å²) in [6.45, 7) is 1.84. The Morgan fingerprint density at radius 3 is 2.56 bits per heavy atom. The second-order valence-electron chi connectivity index (χ2n) is 4.06. The van der Waals surface area contributed by atoms with Gasteiger partial charge in [-0.2, -0.15) is 0 Å². The van der Waals surface area contributed by atoms with Crippen molar-refractivity contribution in [2.45, 2.75) is 13.0 Å². The molecule has 0 aliphatic carbocycles. The summed E-state index contributed by atoms with van der Waals surface area (Å²) in [6, 6.07) is 6.19. The standard InChI is InChI=1S/C13H11Br2FN2/c1-7-2-8(4-10(16)3-7)12(17)13-11(15)5-9(14)6-18-13/h2-6,12H,17H2,1H3. The number of hydrogen-bond donors (Lipinski definition) is 1. The fourth-order valence-electron chi connectivity index (χ4n) is 1.76. The van der Waals surface area contributed by atoms with Crippen LogP contribution in [-0.4, -0.2) is 4.98 Å². The molecule has 0 spiro atoms. The van der Waals surface area contributed by atoms with Crippen LogP contribution in [0.3, 0.4) is 0 Å². The van der Waals surface area contributed by atoms with E-state index in [-0.39, 0.29) is 5.82 Å². The SMILES string of the molecule is Cc1cc(F)cc(C(N)c2ncc(Br)cc2Br)c1. The van der Waals surface area contributed by atoms with Crippen molar-refractivity contribution >= 4 is 31.9 Å². The molecule has 2 nitrogen and oxygen atoms in total. The van der Waals surface area contributed by atoms with Gasteiger partial charge < -0.3 is 5.73 Å². The van der Waals surface area contributed by atoms with Gasteiger partial charge in [-0.15, -0.1) is 0 Å². The molecule has 0 radical (unpaired) electrons. The molecule has 1 unspecified atom stereocenters. The molecule has 2 N–H and O–H groups in total. The van der Waals surface area contributed by atoms with E-state index in [0.717, 1.165) is 14.5 Å². The normalized spacial score (nSPS) is 12.5. The van der Waals surface area contributed by atoms with Crippen molar-refractivity contribution in [1.82, 2.24) is 4.98 Å². The average molecular weight is 374 g/mol. The molecule has 0 fully saturated rings. The maximum atomic E-state index is 13.4. The van der Waals surface area contributed by atoms with Crippen LogP contribution in [0, 0.1) is 12.7 Å². The monoisotopic (exact) mass is 372 g/mol. The smallest absolute Gasteiger partial charge is 0.123 e. The topological polar surface area (TPSA) is 38.9 Å². The molecular formula is C13H11Br2FN2. The van der Waals surface area contributed by atoms with E-state index in [4.69, 9.17) is 5.73 Å². The summed E-state index contributed by atoms with van der Waals surface area (Å²) in [5.41, 5.74) is 8.37. The highest BCUT2D eigenvalue weighted by Crippen LogP contribution is 2.28. The molecule has 2 rings (SSSR count). The lowest BCUT2D eigenvalue weighted by Gasteiger charge is -2.14. The largest absolute Gasteiger partial charge is 0.319 e. The second kappa shape index (κ2) is 5.47. The highest BCUT2D eigenvalue weighted by Gasteiger charge is 2.15. The zero-order valence-electron chi connectivity index (χ0n) is 9.62. The minimum Gasteiger partial charge on any atom is -0.319 e. The third-order valence-corrected chi connectivity index (χ3v) is 3.62. The van der Waals surface area contributed by atoms with Gasteiger partial charge in [-0.05, 0) is 68.1 Å². The molecule has 0 bridgehead atoms. The molecule has 0 amide bonds. The zero-order chi connectivity index (χ0) is 13.3. The highest BCUT2D eigenvalue weighted by atomic mass is 79.9. The van der Waals surface area contributed by atoms with Crippen molar-refractivity contribution in [2.75, 3.05) is 0 Å². The van der Waals surface area contributed by atoms with Crippen LogP contribution in [0.2, 0.25) is 0 Å². The number of hydrogen-bond acceptors (Lipinski definition) is 2. The first-order valence-corrected chi connectivity index (χ1v) is 6.89. The van der Waals surface area contributed by atoms with E-state index in [1.165, 1.54) is 12.1 Å².